The SMILES string of the molecule is O=C(N1CC(=Cc2c(F)cccc2F)C1)N1N=CCC1c1cc(F)cc(F)c1. The number of nitrogens with zero attached hydrogens (tertiary/aromatic N) is 3. The van der Waals surface area contributed by atoms with Crippen LogP contribution >= 0.6 is 0 Å². The normalized spacial score (nSPS) is 18.4. The maximum absolute atomic E-state index is 13.7. The van der Waals surface area contributed by atoms with E-state index < -0.39 is 35.3 Å². The second kappa shape index (κ2) is 7.10. The Kier molecular flexibility index (Phi) is 4.62. The number of carbonyl (C=O) groups excluding carboxylic acids is 1. The number of hydrogen-bond acceptors (Lipinski definition) is 2. The zero-order valence-corrected chi connectivity index (χ0v) is 14.6. The highest BCUT2D eigenvalue weighted by Gasteiger charge is 2.35. The number of rotatable bonds is 2. The fourth-order valence-electron chi connectivity index (χ4n) is 3.31. The minimum atomic E-state index is -0.726. The first-order valence-electron chi connectivity index (χ1n) is 8.62. The molecule has 2 amide bonds. The summed E-state index contributed by atoms with van der Waals surface area (Å²) in [5, 5.41) is 5.20. The van der Waals surface area contributed by atoms with Crippen LogP contribution in [0.5, 0.6) is 0 Å². The van der Waals surface area contributed by atoms with Crippen molar-refractivity contribution in [2.75, 3.05) is 13.1 Å². The van der Waals surface area contributed by atoms with Crippen LogP contribution in [0.15, 0.2) is 47.1 Å². The molecule has 0 aromatic heterocycles. The molecule has 2 heterocycles. The van der Waals surface area contributed by atoms with E-state index in [4.69, 9.17) is 0 Å². The van der Waals surface area contributed by atoms with Gasteiger partial charge in [0.2, 0.25) is 0 Å². The Labute approximate surface area is 158 Å². The number of amides is 2. The summed E-state index contributed by atoms with van der Waals surface area (Å²) in [4.78, 5) is 14.1. The minimum absolute atomic E-state index is 0.142. The molecule has 8 heteroatoms. The van der Waals surface area contributed by atoms with E-state index in [0.29, 0.717) is 17.6 Å². The molecule has 2 aliphatic heterocycles. The van der Waals surface area contributed by atoms with Gasteiger partial charge in [-0.3, -0.25) is 0 Å². The molecule has 0 radical (unpaired) electrons. The maximum atomic E-state index is 13.7. The molecule has 1 unspecified atom stereocenters. The summed E-state index contributed by atoms with van der Waals surface area (Å²) >= 11 is 0. The lowest BCUT2D eigenvalue weighted by molar-refractivity contribution is 0.136. The van der Waals surface area contributed by atoms with E-state index >= 15 is 0 Å². The summed E-state index contributed by atoms with van der Waals surface area (Å²) in [6.45, 7) is 0.395. The van der Waals surface area contributed by atoms with Gasteiger partial charge in [-0.05, 0) is 41.5 Å². The molecule has 0 spiro atoms. The monoisotopic (exact) mass is 389 g/mol. The molecule has 0 aliphatic carbocycles. The van der Waals surface area contributed by atoms with Crippen molar-refractivity contribution in [1.29, 1.82) is 0 Å². The number of carbonyl (C=O) groups is 1. The molecular weight excluding hydrogens is 374 g/mol. The maximum Gasteiger partial charge on any atom is 0.341 e. The highest BCUT2D eigenvalue weighted by molar-refractivity contribution is 5.81. The van der Waals surface area contributed by atoms with E-state index in [9.17, 15) is 22.4 Å². The molecule has 0 saturated carbocycles. The molecule has 0 bridgehead atoms. The highest BCUT2D eigenvalue weighted by atomic mass is 19.1. The third-order valence-corrected chi connectivity index (χ3v) is 4.70. The van der Waals surface area contributed by atoms with Crippen LogP contribution in [0.3, 0.4) is 0 Å². The standard InChI is InChI=1S/C20H15F4N3O/c21-14-7-13(8-15(22)9-14)19-4-5-25-27(19)20(28)26-10-12(11-26)6-16-17(23)2-1-3-18(16)24/h1-3,5-9,19H,4,10-11H2. The second-order valence-electron chi connectivity index (χ2n) is 6.67. The van der Waals surface area contributed by atoms with Gasteiger partial charge >= 0.3 is 6.03 Å². The zero-order chi connectivity index (χ0) is 19.8. The third kappa shape index (κ3) is 3.37. The van der Waals surface area contributed by atoms with Gasteiger partial charge in [-0.15, -0.1) is 0 Å². The Morgan fingerprint density at radius 2 is 1.68 bits per heavy atom. The Hall–Kier alpha value is -3.16. The smallest absolute Gasteiger partial charge is 0.315 e. The molecule has 2 aliphatic rings. The molecule has 2 aromatic carbocycles. The molecule has 1 atom stereocenters. The first kappa shape index (κ1) is 18.2. The van der Waals surface area contributed by atoms with Gasteiger partial charge in [0.05, 0.1) is 6.04 Å². The fourth-order valence-corrected chi connectivity index (χ4v) is 3.31. The van der Waals surface area contributed by atoms with Crippen LogP contribution in [-0.2, 0) is 0 Å². The first-order chi connectivity index (χ1) is 13.4. The first-order valence-corrected chi connectivity index (χ1v) is 8.62. The number of benzene rings is 2. The van der Waals surface area contributed by atoms with Crippen molar-refractivity contribution >= 4 is 18.3 Å². The van der Waals surface area contributed by atoms with Crippen LogP contribution in [0.25, 0.3) is 6.08 Å². The van der Waals surface area contributed by atoms with Crippen molar-refractivity contribution in [2.45, 2.75) is 12.5 Å². The fraction of sp³-hybridized carbons (Fsp3) is 0.200. The van der Waals surface area contributed by atoms with Crippen molar-refractivity contribution in [1.82, 2.24) is 9.91 Å². The topological polar surface area (TPSA) is 35.9 Å². The van der Waals surface area contributed by atoms with E-state index in [1.54, 1.807) is 0 Å². The number of hydrogen-bond donors (Lipinski definition) is 0. The second-order valence-corrected chi connectivity index (χ2v) is 6.67. The van der Waals surface area contributed by atoms with Crippen LogP contribution < -0.4 is 0 Å². The Bertz CT molecular complexity index is 956. The van der Waals surface area contributed by atoms with E-state index in [1.165, 1.54) is 52.5 Å². The number of hydrazone groups is 1. The summed E-state index contributed by atoms with van der Waals surface area (Å²) < 4.78 is 54.5. The molecule has 1 fully saturated rings. The van der Waals surface area contributed by atoms with E-state index in [1.807, 2.05) is 0 Å². The van der Waals surface area contributed by atoms with Gasteiger partial charge in [0.15, 0.2) is 0 Å². The van der Waals surface area contributed by atoms with Gasteiger partial charge in [0.25, 0.3) is 0 Å². The van der Waals surface area contributed by atoms with E-state index in [2.05, 4.69) is 5.10 Å². The zero-order valence-electron chi connectivity index (χ0n) is 14.6. The lowest BCUT2D eigenvalue weighted by atomic mass is 10.0. The quantitative estimate of drug-likeness (QED) is 0.697. The van der Waals surface area contributed by atoms with Crippen molar-refractivity contribution in [3.8, 4) is 0 Å². The van der Waals surface area contributed by atoms with E-state index in [-0.39, 0.29) is 18.7 Å². The van der Waals surface area contributed by atoms with Crippen LogP contribution in [0.2, 0.25) is 0 Å². The lowest BCUT2D eigenvalue weighted by Crippen LogP contribution is -2.49. The van der Waals surface area contributed by atoms with Gasteiger partial charge in [0.1, 0.15) is 23.3 Å². The summed E-state index contributed by atoms with van der Waals surface area (Å²) in [6.07, 6.45) is 3.24. The highest BCUT2D eigenvalue weighted by Crippen LogP contribution is 2.32. The third-order valence-electron chi connectivity index (χ3n) is 4.70. The summed E-state index contributed by atoms with van der Waals surface area (Å²) in [7, 11) is 0. The predicted molar refractivity (Wildman–Crippen MR) is 95.4 cm³/mol. The van der Waals surface area contributed by atoms with Crippen LogP contribution in [0, 0.1) is 23.3 Å². The molecular formula is C20H15F4N3O. The molecule has 0 N–H and O–H groups in total. The van der Waals surface area contributed by atoms with Crippen molar-refractivity contribution in [2.24, 2.45) is 5.10 Å². The van der Waals surface area contributed by atoms with Gasteiger partial charge in [0, 0.05) is 37.4 Å². The van der Waals surface area contributed by atoms with Crippen molar-refractivity contribution < 1.29 is 22.4 Å². The minimum Gasteiger partial charge on any atom is -0.315 e. The molecule has 28 heavy (non-hydrogen) atoms. The molecule has 4 nitrogen and oxygen atoms in total. The van der Waals surface area contributed by atoms with E-state index in [0.717, 1.165) is 6.07 Å². The number of halogens is 4. The molecule has 2 aromatic rings. The largest absolute Gasteiger partial charge is 0.341 e. The van der Waals surface area contributed by atoms with Crippen molar-refractivity contribution in [3.63, 3.8) is 0 Å². The van der Waals surface area contributed by atoms with Crippen LogP contribution in [0.4, 0.5) is 22.4 Å². The predicted octanol–water partition coefficient (Wildman–Crippen LogP) is 4.49. The lowest BCUT2D eigenvalue weighted by Gasteiger charge is -2.37. The molecule has 144 valence electrons. The Morgan fingerprint density at radius 1 is 1.04 bits per heavy atom. The number of urea groups is 1. The van der Waals surface area contributed by atoms with Crippen LogP contribution in [-0.4, -0.2) is 35.2 Å². The average molecular weight is 389 g/mol. The summed E-state index contributed by atoms with van der Waals surface area (Å²) in [5.41, 5.74) is 0.860. The average Bonchev–Trinajstić information content (AvgIpc) is 3.08. The summed E-state index contributed by atoms with van der Waals surface area (Å²) in [6, 6.07) is 5.68. The molecule has 4 rings (SSSR count). The van der Waals surface area contributed by atoms with Gasteiger partial charge in [-0.1, -0.05) is 6.07 Å². The van der Waals surface area contributed by atoms with Gasteiger partial charge in [-0.25, -0.2) is 27.4 Å². The number of likely N-dealkylation sites (tertiary alicyclic amines) is 1. The Morgan fingerprint density at radius 3 is 2.32 bits per heavy atom. The van der Waals surface area contributed by atoms with Gasteiger partial charge in [-0.2, -0.15) is 5.10 Å². The Balaban J connectivity index is 1.47. The van der Waals surface area contributed by atoms with Crippen molar-refractivity contribution in [3.05, 3.63) is 76.4 Å². The summed E-state index contributed by atoms with van der Waals surface area (Å²) in [5.74, 6) is -2.80. The van der Waals surface area contributed by atoms with Crippen LogP contribution in [0.1, 0.15) is 23.6 Å². The van der Waals surface area contributed by atoms with Gasteiger partial charge < -0.3 is 4.90 Å². The molecule has 1 saturated heterocycles.